The third-order valence-electron chi connectivity index (χ3n) is 3.55. The van der Waals surface area contributed by atoms with Crippen LogP contribution in [-0.4, -0.2) is 40.4 Å². The molecule has 1 aromatic carbocycles. The molecule has 21 heavy (non-hydrogen) atoms. The molecule has 0 bridgehead atoms. The second-order valence-corrected chi connectivity index (χ2v) is 5.28. The predicted octanol–water partition coefficient (Wildman–Crippen LogP) is 1.00. The lowest BCUT2D eigenvalue weighted by Gasteiger charge is -2.21. The molecule has 2 N–H and O–H groups in total. The fourth-order valence-electron chi connectivity index (χ4n) is 2.36. The van der Waals surface area contributed by atoms with Gasteiger partial charge in [-0.2, -0.15) is 5.26 Å². The van der Waals surface area contributed by atoms with Gasteiger partial charge in [-0.1, -0.05) is 0 Å². The molecule has 2 rings (SSSR count). The van der Waals surface area contributed by atoms with Gasteiger partial charge >= 0.3 is 0 Å². The highest BCUT2D eigenvalue weighted by Gasteiger charge is 2.34. The van der Waals surface area contributed by atoms with Crippen molar-refractivity contribution in [2.24, 2.45) is 0 Å². The number of aromatic hydroxyl groups is 1. The topological polar surface area (TPSA) is 93.4 Å². The minimum Gasteiger partial charge on any atom is -0.507 e. The average molecular weight is 287 g/mol. The van der Waals surface area contributed by atoms with Gasteiger partial charge in [0.05, 0.1) is 5.56 Å². The molecule has 1 aromatic rings. The Morgan fingerprint density at radius 3 is 2.76 bits per heavy atom. The Morgan fingerprint density at radius 1 is 1.52 bits per heavy atom. The summed E-state index contributed by atoms with van der Waals surface area (Å²) >= 11 is 0. The molecule has 6 heteroatoms. The van der Waals surface area contributed by atoms with Crippen LogP contribution < -0.4 is 5.32 Å². The van der Waals surface area contributed by atoms with Crippen LogP contribution in [-0.2, 0) is 4.79 Å². The molecule has 0 aliphatic carbocycles. The molecule has 0 saturated carbocycles. The Hall–Kier alpha value is -2.55. The molecule has 1 atom stereocenters. The first-order valence-corrected chi connectivity index (χ1v) is 6.78. The summed E-state index contributed by atoms with van der Waals surface area (Å²) in [7, 11) is 0. The molecule has 1 fully saturated rings. The fraction of sp³-hybridized carbons (Fsp3) is 0.400. The van der Waals surface area contributed by atoms with E-state index in [4.69, 9.17) is 5.26 Å². The first-order chi connectivity index (χ1) is 9.93. The van der Waals surface area contributed by atoms with Crippen LogP contribution in [0, 0.1) is 11.3 Å². The number of carbonyl (C=O) groups is 2. The van der Waals surface area contributed by atoms with E-state index < -0.39 is 11.9 Å². The number of amides is 2. The average Bonchev–Trinajstić information content (AvgIpc) is 2.80. The van der Waals surface area contributed by atoms with Gasteiger partial charge in [0.2, 0.25) is 5.91 Å². The van der Waals surface area contributed by atoms with E-state index in [1.165, 1.54) is 18.2 Å². The highest BCUT2D eigenvalue weighted by atomic mass is 16.3. The van der Waals surface area contributed by atoms with Crippen molar-refractivity contribution in [1.82, 2.24) is 10.2 Å². The third-order valence-corrected chi connectivity index (χ3v) is 3.55. The zero-order valence-corrected chi connectivity index (χ0v) is 12.0. The van der Waals surface area contributed by atoms with Gasteiger partial charge in [0.25, 0.3) is 5.91 Å². The number of rotatable bonds is 3. The normalized spacial score (nSPS) is 17.9. The van der Waals surface area contributed by atoms with Gasteiger partial charge in [0.15, 0.2) is 0 Å². The summed E-state index contributed by atoms with van der Waals surface area (Å²) in [6, 6.07) is 5.45. The number of nitriles is 1. The molecule has 1 saturated heterocycles. The van der Waals surface area contributed by atoms with E-state index in [9.17, 15) is 14.7 Å². The smallest absolute Gasteiger partial charge is 0.252 e. The highest BCUT2D eigenvalue weighted by Crippen LogP contribution is 2.19. The number of nitrogens with one attached hydrogen (secondary N) is 1. The number of phenols is 1. The Kier molecular flexibility index (Phi) is 4.13. The molecule has 110 valence electrons. The van der Waals surface area contributed by atoms with Crippen molar-refractivity contribution in [2.75, 3.05) is 6.54 Å². The number of benzene rings is 1. The van der Waals surface area contributed by atoms with E-state index in [0.717, 1.165) is 0 Å². The Labute approximate surface area is 123 Å². The molecule has 1 unspecified atom stereocenters. The molecule has 0 spiro atoms. The number of likely N-dealkylation sites (tertiary alicyclic amines) is 1. The Morgan fingerprint density at radius 2 is 2.24 bits per heavy atom. The number of hydrogen-bond donors (Lipinski definition) is 2. The summed E-state index contributed by atoms with van der Waals surface area (Å²) in [4.78, 5) is 25.9. The summed E-state index contributed by atoms with van der Waals surface area (Å²) < 4.78 is 0. The van der Waals surface area contributed by atoms with Gasteiger partial charge in [-0.15, -0.1) is 0 Å². The van der Waals surface area contributed by atoms with Crippen LogP contribution in [0.5, 0.6) is 5.75 Å². The van der Waals surface area contributed by atoms with E-state index in [0.29, 0.717) is 13.0 Å². The number of phenolic OH excluding ortho intramolecular Hbond substituents is 1. The first kappa shape index (κ1) is 14.9. The van der Waals surface area contributed by atoms with Crippen LogP contribution in [0.15, 0.2) is 18.2 Å². The molecule has 0 aromatic heterocycles. The summed E-state index contributed by atoms with van der Waals surface area (Å²) in [5.41, 5.74) is 0.330. The SMILES string of the molecule is CC(C)N1CCC(NC(=O)c2ccc(C#N)c(O)c2)C1=O. The third kappa shape index (κ3) is 2.97. The van der Waals surface area contributed by atoms with Gasteiger partial charge in [-0.05, 0) is 38.5 Å². The summed E-state index contributed by atoms with van der Waals surface area (Å²) in [6.07, 6.45) is 0.574. The number of carbonyl (C=O) groups excluding carboxylic acids is 2. The lowest BCUT2D eigenvalue weighted by molar-refractivity contribution is -0.130. The van der Waals surface area contributed by atoms with Gasteiger partial charge in [0.1, 0.15) is 17.9 Å². The summed E-state index contributed by atoms with van der Waals surface area (Å²) in [5.74, 6) is -0.762. The maximum Gasteiger partial charge on any atom is 0.252 e. The van der Waals surface area contributed by atoms with Crippen molar-refractivity contribution >= 4 is 11.8 Å². The van der Waals surface area contributed by atoms with Crippen molar-refractivity contribution in [3.63, 3.8) is 0 Å². The van der Waals surface area contributed by atoms with Crippen LogP contribution in [0.2, 0.25) is 0 Å². The van der Waals surface area contributed by atoms with Crippen LogP contribution >= 0.6 is 0 Å². The maximum absolute atomic E-state index is 12.1. The minimum atomic E-state index is -0.530. The quantitative estimate of drug-likeness (QED) is 0.867. The summed E-state index contributed by atoms with van der Waals surface area (Å²) in [5, 5.41) is 21.0. The molecule has 1 aliphatic rings. The predicted molar refractivity (Wildman–Crippen MR) is 75.5 cm³/mol. The van der Waals surface area contributed by atoms with Crippen molar-refractivity contribution in [3.8, 4) is 11.8 Å². The molecular weight excluding hydrogens is 270 g/mol. The van der Waals surface area contributed by atoms with Gasteiger partial charge < -0.3 is 15.3 Å². The van der Waals surface area contributed by atoms with E-state index >= 15 is 0 Å². The Bertz CT molecular complexity index is 619. The van der Waals surface area contributed by atoms with Crippen molar-refractivity contribution in [3.05, 3.63) is 29.3 Å². The highest BCUT2D eigenvalue weighted by molar-refractivity contribution is 5.98. The van der Waals surface area contributed by atoms with Crippen LogP contribution in [0.3, 0.4) is 0 Å². The van der Waals surface area contributed by atoms with E-state index in [-0.39, 0.29) is 28.8 Å². The monoisotopic (exact) mass is 287 g/mol. The van der Waals surface area contributed by atoms with Crippen molar-refractivity contribution < 1.29 is 14.7 Å². The first-order valence-electron chi connectivity index (χ1n) is 6.78. The molecule has 1 aliphatic heterocycles. The molecule has 0 radical (unpaired) electrons. The van der Waals surface area contributed by atoms with E-state index in [1.807, 2.05) is 19.9 Å². The van der Waals surface area contributed by atoms with E-state index in [1.54, 1.807) is 4.90 Å². The largest absolute Gasteiger partial charge is 0.507 e. The zero-order chi connectivity index (χ0) is 15.6. The maximum atomic E-state index is 12.1. The molecular formula is C15H17N3O3. The standard InChI is InChI=1S/C15H17N3O3/c1-9(2)18-6-5-12(15(18)21)17-14(20)10-3-4-11(8-16)13(19)7-10/h3-4,7,9,12,19H,5-6H2,1-2H3,(H,17,20). The van der Waals surface area contributed by atoms with Crippen molar-refractivity contribution in [1.29, 1.82) is 5.26 Å². The molecule has 2 amide bonds. The van der Waals surface area contributed by atoms with Gasteiger partial charge in [0, 0.05) is 18.2 Å². The lowest BCUT2D eigenvalue weighted by Crippen LogP contribution is -2.43. The van der Waals surface area contributed by atoms with E-state index in [2.05, 4.69) is 5.32 Å². The molecule has 1 heterocycles. The second-order valence-electron chi connectivity index (χ2n) is 5.28. The summed E-state index contributed by atoms with van der Waals surface area (Å²) in [6.45, 7) is 4.49. The van der Waals surface area contributed by atoms with Gasteiger partial charge in [-0.25, -0.2) is 0 Å². The fourth-order valence-corrected chi connectivity index (χ4v) is 2.36. The lowest BCUT2D eigenvalue weighted by atomic mass is 10.1. The Balaban J connectivity index is 2.08. The van der Waals surface area contributed by atoms with Crippen LogP contribution in [0.25, 0.3) is 0 Å². The minimum absolute atomic E-state index is 0.0868. The number of hydrogen-bond acceptors (Lipinski definition) is 4. The van der Waals surface area contributed by atoms with Gasteiger partial charge in [-0.3, -0.25) is 9.59 Å². The molecule has 6 nitrogen and oxygen atoms in total. The second kappa shape index (κ2) is 5.83. The number of nitrogens with zero attached hydrogens (tertiary/aromatic N) is 2. The van der Waals surface area contributed by atoms with Crippen LogP contribution in [0.4, 0.5) is 0 Å². The van der Waals surface area contributed by atoms with Crippen molar-refractivity contribution in [2.45, 2.75) is 32.4 Å². The van der Waals surface area contributed by atoms with Crippen LogP contribution in [0.1, 0.15) is 36.2 Å². The zero-order valence-electron chi connectivity index (χ0n) is 12.0.